The van der Waals surface area contributed by atoms with Crippen molar-refractivity contribution in [3.05, 3.63) is 57.9 Å². The summed E-state index contributed by atoms with van der Waals surface area (Å²) in [5, 5.41) is 13.2. The van der Waals surface area contributed by atoms with Gasteiger partial charge in [0, 0.05) is 18.2 Å². The Balaban J connectivity index is 1.60. The molecule has 1 amide bonds. The average Bonchev–Trinajstić information content (AvgIpc) is 3.02. The van der Waals surface area contributed by atoms with Gasteiger partial charge in [0.2, 0.25) is 18.5 Å². The Morgan fingerprint density at radius 1 is 1.21 bits per heavy atom. The summed E-state index contributed by atoms with van der Waals surface area (Å²) in [5.74, 6) is 0.0378. The van der Waals surface area contributed by atoms with Crippen molar-refractivity contribution < 1.29 is 23.6 Å². The van der Waals surface area contributed by atoms with Crippen molar-refractivity contribution in [2.24, 2.45) is 0 Å². The summed E-state index contributed by atoms with van der Waals surface area (Å²) < 4.78 is 23.7. The van der Waals surface area contributed by atoms with E-state index in [9.17, 15) is 19.3 Å². The van der Waals surface area contributed by atoms with E-state index in [0.717, 1.165) is 17.7 Å². The van der Waals surface area contributed by atoms with Crippen LogP contribution in [-0.2, 0) is 11.2 Å². The molecule has 24 heavy (non-hydrogen) atoms. The van der Waals surface area contributed by atoms with E-state index < -0.39 is 16.4 Å². The minimum absolute atomic E-state index is 0.171. The van der Waals surface area contributed by atoms with E-state index in [1.165, 1.54) is 6.07 Å². The zero-order chi connectivity index (χ0) is 17.1. The number of halogens is 1. The van der Waals surface area contributed by atoms with Gasteiger partial charge >= 0.3 is 5.69 Å². The monoisotopic (exact) mass is 332 g/mol. The minimum Gasteiger partial charge on any atom is -0.454 e. The van der Waals surface area contributed by atoms with Crippen molar-refractivity contribution in [1.82, 2.24) is 0 Å². The summed E-state index contributed by atoms with van der Waals surface area (Å²) in [5.41, 5.74) is 0.404. The lowest BCUT2D eigenvalue weighted by atomic mass is 10.1. The molecule has 0 saturated heterocycles. The summed E-state index contributed by atoms with van der Waals surface area (Å²) in [6.45, 7) is 0.183. The Kier molecular flexibility index (Phi) is 4.28. The molecule has 0 spiro atoms. The molecule has 0 unspecified atom stereocenters. The Bertz CT molecular complexity index is 809. The highest BCUT2D eigenvalue weighted by Crippen LogP contribution is 2.32. The number of amides is 1. The first kappa shape index (κ1) is 15.7. The van der Waals surface area contributed by atoms with Crippen LogP contribution in [0, 0.1) is 15.9 Å². The molecular formula is C16H13FN2O5. The van der Waals surface area contributed by atoms with E-state index in [1.54, 1.807) is 12.1 Å². The van der Waals surface area contributed by atoms with E-state index >= 15 is 0 Å². The number of nitrogens with zero attached hydrogens (tertiary/aromatic N) is 1. The van der Waals surface area contributed by atoms with Crippen LogP contribution in [0.4, 0.5) is 15.8 Å². The van der Waals surface area contributed by atoms with Crippen molar-refractivity contribution in [1.29, 1.82) is 0 Å². The van der Waals surface area contributed by atoms with Gasteiger partial charge in [-0.05, 0) is 36.2 Å². The molecule has 0 fully saturated rings. The van der Waals surface area contributed by atoms with Gasteiger partial charge in [0.15, 0.2) is 11.5 Å². The van der Waals surface area contributed by atoms with Gasteiger partial charge in [-0.1, -0.05) is 6.07 Å². The van der Waals surface area contributed by atoms with E-state index in [0.29, 0.717) is 17.9 Å². The molecule has 0 atom stereocenters. The number of nitro groups is 1. The third-order valence-electron chi connectivity index (χ3n) is 3.50. The number of nitro benzene ring substituents is 1. The number of nitrogens with one attached hydrogen (secondary N) is 1. The van der Waals surface area contributed by atoms with Gasteiger partial charge in [0.25, 0.3) is 0 Å². The maximum absolute atomic E-state index is 13.3. The van der Waals surface area contributed by atoms with Gasteiger partial charge < -0.3 is 14.8 Å². The molecule has 8 heteroatoms. The number of carbonyl (C=O) groups is 1. The summed E-state index contributed by atoms with van der Waals surface area (Å²) in [7, 11) is 0. The van der Waals surface area contributed by atoms with Crippen LogP contribution in [0.2, 0.25) is 0 Å². The highest BCUT2D eigenvalue weighted by molar-refractivity contribution is 5.91. The van der Waals surface area contributed by atoms with E-state index in [2.05, 4.69) is 5.32 Å². The molecule has 0 bridgehead atoms. The van der Waals surface area contributed by atoms with Crippen LogP contribution in [0.5, 0.6) is 11.5 Å². The third kappa shape index (κ3) is 3.43. The number of carbonyl (C=O) groups excluding carboxylic acids is 1. The van der Waals surface area contributed by atoms with Crippen LogP contribution in [0.25, 0.3) is 0 Å². The van der Waals surface area contributed by atoms with Crippen LogP contribution in [0.3, 0.4) is 0 Å². The molecule has 124 valence electrons. The summed E-state index contributed by atoms with van der Waals surface area (Å²) in [4.78, 5) is 21.8. The quantitative estimate of drug-likeness (QED) is 0.671. The van der Waals surface area contributed by atoms with Crippen molar-refractivity contribution in [3.63, 3.8) is 0 Å². The van der Waals surface area contributed by atoms with Crippen molar-refractivity contribution in [2.75, 3.05) is 12.1 Å². The molecule has 1 N–H and O–H groups in total. The molecule has 0 radical (unpaired) electrons. The van der Waals surface area contributed by atoms with Crippen LogP contribution in [0.15, 0.2) is 36.4 Å². The maximum atomic E-state index is 13.3. The van der Waals surface area contributed by atoms with Crippen molar-refractivity contribution in [3.8, 4) is 11.5 Å². The molecule has 0 aromatic heterocycles. The van der Waals surface area contributed by atoms with Gasteiger partial charge in [-0.15, -0.1) is 0 Å². The highest BCUT2D eigenvalue weighted by atomic mass is 19.1. The van der Waals surface area contributed by atoms with Crippen LogP contribution in [-0.4, -0.2) is 17.6 Å². The molecule has 1 aliphatic heterocycles. The maximum Gasteiger partial charge on any atom is 0.306 e. The van der Waals surface area contributed by atoms with Crippen LogP contribution >= 0.6 is 0 Å². The van der Waals surface area contributed by atoms with Gasteiger partial charge in [-0.25, -0.2) is 0 Å². The molecule has 7 nitrogen and oxygen atoms in total. The average molecular weight is 332 g/mol. The molecule has 0 saturated carbocycles. The molecule has 0 aliphatic carbocycles. The second kappa shape index (κ2) is 6.53. The summed E-state index contributed by atoms with van der Waals surface area (Å²) >= 11 is 0. The minimum atomic E-state index is -0.946. The first-order valence-corrected chi connectivity index (χ1v) is 7.15. The summed E-state index contributed by atoms with van der Waals surface area (Å²) in [6.07, 6.45) is 0.635. The number of fused-ring (bicyclic) bond motifs is 1. The van der Waals surface area contributed by atoms with Crippen LogP contribution < -0.4 is 14.8 Å². The third-order valence-corrected chi connectivity index (χ3v) is 3.50. The van der Waals surface area contributed by atoms with Crippen molar-refractivity contribution in [2.45, 2.75) is 12.8 Å². The Labute approximate surface area is 136 Å². The Morgan fingerprint density at radius 2 is 2.00 bits per heavy atom. The normalized spacial score (nSPS) is 12.0. The molecule has 2 aromatic rings. The number of benzene rings is 2. The second-order valence-corrected chi connectivity index (χ2v) is 5.16. The Morgan fingerprint density at radius 3 is 2.79 bits per heavy atom. The highest BCUT2D eigenvalue weighted by Gasteiger charge is 2.16. The zero-order valence-corrected chi connectivity index (χ0v) is 12.5. The van der Waals surface area contributed by atoms with Gasteiger partial charge in [-0.3, -0.25) is 14.9 Å². The number of aryl methyl sites for hydroxylation is 1. The fourth-order valence-corrected chi connectivity index (χ4v) is 2.31. The SMILES string of the molecule is O=C(CCc1ccc2c(c1)OCO2)Nc1ccc(F)c([N+](=O)[O-])c1. The lowest BCUT2D eigenvalue weighted by Gasteiger charge is -2.06. The zero-order valence-electron chi connectivity index (χ0n) is 12.5. The lowest BCUT2D eigenvalue weighted by molar-refractivity contribution is -0.387. The van der Waals surface area contributed by atoms with E-state index in [-0.39, 0.29) is 24.8 Å². The summed E-state index contributed by atoms with van der Waals surface area (Å²) in [6, 6.07) is 8.64. The van der Waals surface area contributed by atoms with Crippen LogP contribution in [0.1, 0.15) is 12.0 Å². The first-order valence-electron chi connectivity index (χ1n) is 7.15. The predicted octanol–water partition coefficient (Wildman–Crippen LogP) is 3.03. The fourth-order valence-electron chi connectivity index (χ4n) is 2.31. The van der Waals surface area contributed by atoms with E-state index in [1.807, 2.05) is 6.07 Å². The number of hydrogen-bond donors (Lipinski definition) is 1. The van der Waals surface area contributed by atoms with E-state index in [4.69, 9.17) is 9.47 Å². The predicted molar refractivity (Wildman–Crippen MR) is 82.6 cm³/mol. The molecule has 2 aromatic carbocycles. The fraction of sp³-hybridized carbons (Fsp3) is 0.188. The van der Waals surface area contributed by atoms with Crippen molar-refractivity contribution >= 4 is 17.3 Å². The number of hydrogen-bond acceptors (Lipinski definition) is 5. The first-order chi connectivity index (χ1) is 11.5. The standard InChI is InChI=1S/C16H13FN2O5/c17-12-4-3-11(8-13(12)19(21)22)18-16(20)6-2-10-1-5-14-15(7-10)24-9-23-14/h1,3-5,7-8H,2,6,9H2,(H,18,20). The topological polar surface area (TPSA) is 90.7 Å². The second-order valence-electron chi connectivity index (χ2n) is 5.16. The number of anilines is 1. The number of ether oxygens (including phenoxy) is 2. The van der Waals surface area contributed by atoms with Gasteiger partial charge in [-0.2, -0.15) is 4.39 Å². The molecule has 1 heterocycles. The number of rotatable bonds is 5. The Hall–Kier alpha value is -3.16. The molecule has 1 aliphatic rings. The molecular weight excluding hydrogens is 319 g/mol. The smallest absolute Gasteiger partial charge is 0.306 e. The molecule has 3 rings (SSSR count). The largest absolute Gasteiger partial charge is 0.454 e. The van der Waals surface area contributed by atoms with Gasteiger partial charge in [0.05, 0.1) is 4.92 Å². The lowest BCUT2D eigenvalue weighted by Crippen LogP contribution is -2.12. The van der Waals surface area contributed by atoms with Gasteiger partial charge in [0.1, 0.15) is 0 Å².